The van der Waals surface area contributed by atoms with Gasteiger partial charge >= 0.3 is 6.03 Å². The number of likely N-dealkylation sites (N-methyl/N-ethyl adjacent to an activating group) is 1. The van der Waals surface area contributed by atoms with Crippen molar-refractivity contribution in [3.8, 4) is 0 Å². The Bertz CT molecular complexity index is 415. The number of nitrogens with zero attached hydrogens (tertiary/aromatic N) is 2. The molecule has 0 fully saturated rings. The van der Waals surface area contributed by atoms with Gasteiger partial charge in [-0.15, -0.1) is 0 Å². The second-order valence-electron chi connectivity index (χ2n) is 5.52. The molecule has 5 nitrogen and oxygen atoms in total. The number of carbonyl (C=O) groups is 1. The smallest absolute Gasteiger partial charge is 0.317 e. The molecule has 0 aliphatic rings. The Balaban J connectivity index is 2.71. The molecule has 1 rings (SSSR count). The molecule has 5 heteroatoms. The second kappa shape index (κ2) is 7.24. The zero-order valence-corrected chi connectivity index (χ0v) is 12.8. The fraction of sp³-hybridized carbons (Fsp3) is 0.600. The van der Waals surface area contributed by atoms with Crippen LogP contribution in [-0.2, 0) is 0 Å². The van der Waals surface area contributed by atoms with Crippen molar-refractivity contribution in [2.75, 3.05) is 13.1 Å². The van der Waals surface area contributed by atoms with Crippen molar-refractivity contribution in [2.45, 2.75) is 45.8 Å². The Morgan fingerprint density at radius 2 is 2.00 bits per heavy atom. The van der Waals surface area contributed by atoms with E-state index in [0.717, 1.165) is 12.0 Å². The minimum absolute atomic E-state index is 0.0404. The lowest BCUT2D eigenvalue weighted by atomic mass is 10.1. The number of nitrogens with one attached hydrogen (secondary N) is 1. The minimum Gasteiger partial charge on any atom is -0.389 e. The van der Waals surface area contributed by atoms with Gasteiger partial charge in [0.1, 0.15) is 0 Å². The Hall–Kier alpha value is -1.62. The minimum atomic E-state index is -0.897. The summed E-state index contributed by atoms with van der Waals surface area (Å²) in [5, 5.41) is 12.9. The van der Waals surface area contributed by atoms with Crippen LogP contribution in [0.15, 0.2) is 24.5 Å². The first-order chi connectivity index (χ1) is 9.37. The molecule has 1 aromatic rings. The number of hydrogen-bond acceptors (Lipinski definition) is 3. The van der Waals surface area contributed by atoms with Crippen molar-refractivity contribution >= 4 is 6.03 Å². The van der Waals surface area contributed by atoms with Crippen LogP contribution in [0.1, 0.15) is 45.7 Å². The highest BCUT2D eigenvalue weighted by molar-refractivity contribution is 5.74. The molecule has 0 aliphatic heterocycles. The Labute approximate surface area is 121 Å². The van der Waals surface area contributed by atoms with Crippen molar-refractivity contribution in [1.82, 2.24) is 15.2 Å². The van der Waals surface area contributed by atoms with E-state index in [1.807, 2.05) is 26.0 Å². The average Bonchev–Trinajstić information content (AvgIpc) is 2.41. The first-order valence-corrected chi connectivity index (χ1v) is 7.05. The fourth-order valence-corrected chi connectivity index (χ4v) is 2.05. The second-order valence-corrected chi connectivity index (χ2v) is 5.52. The molecule has 20 heavy (non-hydrogen) atoms. The topological polar surface area (TPSA) is 65.5 Å². The van der Waals surface area contributed by atoms with Gasteiger partial charge in [0.25, 0.3) is 0 Å². The summed E-state index contributed by atoms with van der Waals surface area (Å²) >= 11 is 0. The van der Waals surface area contributed by atoms with E-state index in [-0.39, 0.29) is 12.1 Å². The van der Waals surface area contributed by atoms with Gasteiger partial charge < -0.3 is 15.3 Å². The molecule has 0 saturated carbocycles. The first-order valence-electron chi connectivity index (χ1n) is 7.05. The van der Waals surface area contributed by atoms with E-state index in [2.05, 4.69) is 10.3 Å². The first kappa shape index (κ1) is 16.4. The Kier molecular flexibility index (Phi) is 5.95. The monoisotopic (exact) mass is 279 g/mol. The lowest BCUT2D eigenvalue weighted by molar-refractivity contribution is 0.0475. The number of rotatable bonds is 6. The number of carbonyl (C=O) groups excluding carboxylic acids is 1. The molecule has 0 aromatic carbocycles. The van der Waals surface area contributed by atoms with Gasteiger partial charge in [-0.05, 0) is 44.9 Å². The molecular weight excluding hydrogens is 254 g/mol. The van der Waals surface area contributed by atoms with Crippen LogP contribution in [0.2, 0.25) is 0 Å². The van der Waals surface area contributed by atoms with Gasteiger partial charge in [-0.1, -0.05) is 6.92 Å². The van der Waals surface area contributed by atoms with Gasteiger partial charge in [0, 0.05) is 18.9 Å². The van der Waals surface area contributed by atoms with Crippen LogP contribution < -0.4 is 5.32 Å². The Morgan fingerprint density at radius 1 is 1.40 bits per heavy atom. The van der Waals surface area contributed by atoms with Crippen LogP contribution in [0.5, 0.6) is 0 Å². The molecule has 1 unspecified atom stereocenters. The maximum absolute atomic E-state index is 12.3. The fourth-order valence-electron chi connectivity index (χ4n) is 2.05. The van der Waals surface area contributed by atoms with Gasteiger partial charge in [0.2, 0.25) is 0 Å². The van der Waals surface area contributed by atoms with Crippen molar-refractivity contribution < 1.29 is 9.90 Å². The molecule has 0 radical (unpaired) electrons. The maximum atomic E-state index is 12.3. The predicted octanol–water partition coefficient (Wildman–Crippen LogP) is 2.34. The van der Waals surface area contributed by atoms with E-state index >= 15 is 0 Å². The lowest BCUT2D eigenvalue weighted by Crippen LogP contribution is -2.47. The molecule has 2 N–H and O–H groups in total. The normalized spacial score (nSPS) is 12.8. The molecule has 112 valence electrons. The largest absolute Gasteiger partial charge is 0.389 e. The van der Waals surface area contributed by atoms with E-state index in [4.69, 9.17) is 0 Å². The van der Waals surface area contributed by atoms with Gasteiger partial charge in [-0.25, -0.2) is 4.79 Å². The number of hydrogen-bond donors (Lipinski definition) is 2. The molecule has 1 aromatic heterocycles. The number of amides is 2. The van der Waals surface area contributed by atoms with E-state index in [1.54, 1.807) is 31.1 Å². The molecule has 2 amide bonds. The van der Waals surface area contributed by atoms with Crippen molar-refractivity contribution in [3.63, 3.8) is 0 Å². The van der Waals surface area contributed by atoms with Crippen LogP contribution in [0.4, 0.5) is 4.79 Å². The zero-order chi connectivity index (χ0) is 15.2. The number of pyridine rings is 1. The zero-order valence-electron chi connectivity index (χ0n) is 12.8. The van der Waals surface area contributed by atoms with Crippen LogP contribution in [-0.4, -0.2) is 39.7 Å². The summed E-state index contributed by atoms with van der Waals surface area (Å²) in [4.78, 5) is 17.9. The number of aromatic nitrogens is 1. The summed E-state index contributed by atoms with van der Waals surface area (Å²) in [6.07, 6.45) is 4.24. The summed E-state index contributed by atoms with van der Waals surface area (Å²) in [5.74, 6) is 0. The molecule has 0 aliphatic carbocycles. The highest BCUT2D eigenvalue weighted by atomic mass is 16.3. The van der Waals surface area contributed by atoms with Crippen LogP contribution >= 0.6 is 0 Å². The third-order valence-corrected chi connectivity index (χ3v) is 3.06. The number of urea groups is 1. The van der Waals surface area contributed by atoms with Gasteiger partial charge in [-0.3, -0.25) is 4.98 Å². The highest BCUT2D eigenvalue weighted by Crippen LogP contribution is 2.16. The van der Waals surface area contributed by atoms with Gasteiger partial charge in [-0.2, -0.15) is 0 Å². The predicted molar refractivity (Wildman–Crippen MR) is 79.3 cm³/mol. The highest BCUT2D eigenvalue weighted by Gasteiger charge is 2.23. The van der Waals surface area contributed by atoms with Crippen molar-refractivity contribution in [3.05, 3.63) is 30.1 Å². The maximum Gasteiger partial charge on any atom is 0.317 e. The summed E-state index contributed by atoms with van der Waals surface area (Å²) in [6, 6.07) is 3.61. The molecule has 1 atom stereocenters. The summed E-state index contributed by atoms with van der Waals surface area (Å²) in [6.45, 7) is 8.19. The van der Waals surface area contributed by atoms with Crippen LogP contribution in [0.25, 0.3) is 0 Å². The summed E-state index contributed by atoms with van der Waals surface area (Å²) in [5.41, 5.74) is 0.140. The molecule has 1 heterocycles. The van der Waals surface area contributed by atoms with Gasteiger partial charge in [0.15, 0.2) is 0 Å². The van der Waals surface area contributed by atoms with E-state index in [1.165, 1.54) is 0 Å². The molecule has 0 bridgehead atoms. The van der Waals surface area contributed by atoms with Gasteiger partial charge in [0.05, 0.1) is 18.2 Å². The van der Waals surface area contributed by atoms with E-state index in [0.29, 0.717) is 13.1 Å². The third kappa shape index (κ3) is 5.17. The quantitative estimate of drug-likeness (QED) is 0.840. The molecule has 0 saturated heterocycles. The van der Waals surface area contributed by atoms with Crippen LogP contribution in [0, 0.1) is 0 Å². The SMILES string of the molecule is CCC(NC(=O)N(CC)CC(C)(C)O)c1ccncc1. The standard InChI is InChI=1S/C15H25N3O2/c1-5-13(12-7-9-16-10-8-12)17-14(19)18(6-2)11-15(3,4)20/h7-10,13,20H,5-6,11H2,1-4H3,(H,17,19). The lowest BCUT2D eigenvalue weighted by Gasteiger charge is -2.30. The van der Waals surface area contributed by atoms with E-state index < -0.39 is 5.60 Å². The number of aliphatic hydroxyl groups is 1. The van der Waals surface area contributed by atoms with Crippen molar-refractivity contribution in [2.24, 2.45) is 0 Å². The van der Waals surface area contributed by atoms with Crippen LogP contribution in [0.3, 0.4) is 0 Å². The summed E-state index contributed by atoms with van der Waals surface area (Å²) in [7, 11) is 0. The Morgan fingerprint density at radius 3 is 2.45 bits per heavy atom. The third-order valence-electron chi connectivity index (χ3n) is 3.06. The molecular formula is C15H25N3O2. The molecule has 0 spiro atoms. The van der Waals surface area contributed by atoms with Crippen molar-refractivity contribution in [1.29, 1.82) is 0 Å². The van der Waals surface area contributed by atoms with E-state index in [9.17, 15) is 9.90 Å². The average molecular weight is 279 g/mol. The summed E-state index contributed by atoms with van der Waals surface area (Å²) < 4.78 is 0.